The Morgan fingerprint density at radius 1 is 1.16 bits per heavy atom. The Morgan fingerprint density at radius 3 is 2.52 bits per heavy atom. The summed E-state index contributed by atoms with van der Waals surface area (Å²) in [6.45, 7) is 3.57. The van der Waals surface area contributed by atoms with Gasteiger partial charge in [-0.05, 0) is 30.7 Å². The summed E-state index contributed by atoms with van der Waals surface area (Å²) in [7, 11) is 1.64. The van der Waals surface area contributed by atoms with Crippen LogP contribution in [0.25, 0.3) is 0 Å². The van der Waals surface area contributed by atoms with Crippen LogP contribution in [0, 0.1) is 0 Å². The second-order valence-corrected chi connectivity index (χ2v) is 5.87. The minimum absolute atomic E-state index is 0.318. The summed E-state index contributed by atoms with van der Waals surface area (Å²) in [5.74, 6) is 1.46. The van der Waals surface area contributed by atoms with Crippen LogP contribution >= 0.6 is 11.6 Å². The van der Waals surface area contributed by atoms with Crippen molar-refractivity contribution in [1.82, 2.24) is 10.6 Å². The molecule has 0 heterocycles. The topological polar surface area (TPSA) is 65.9 Å². The summed E-state index contributed by atoms with van der Waals surface area (Å²) in [4.78, 5) is 4.54. The Morgan fingerprint density at radius 2 is 1.88 bits per heavy atom. The number of aliphatic hydroxyl groups excluding tert-OH is 1. The standard InChI is InChI=1S/C19H24ClN3O2/c1-3-21-19(22-12-14-8-10-15(25-2)11-9-14)23-13-18(24)16-6-4-5-7-17(16)20/h4-11,18,24H,3,12-13H2,1-2H3,(H2,21,22,23). The van der Waals surface area contributed by atoms with E-state index in [1.54, 1.807) is 13.2 Å². The monoisotopic (exact) mass is 361 g/mol. The number of benzene rings is 2. The van der Waals surface area contributed by atoms with E-state index in [1.807, 2.05) is 49.4 Å². The first-order chi connectivity index (χ1) is 12.1. The Kier molecular flexibility index (Phi) is 7.57. The van der Waals surface area contributed by atoms with Crippen LogP contribution in [0.1, 0.15) is 24.2 Å². The molecule has 0 radical (unpaired) electrons. The van der Waals surface area contributed by atoms with Gasteiger partial charge in [-0.25, -0.2) is 4.99 Å². The number of halogens is 1. The molecule has 5 nitrogen and oxygen atoms in total. The summed E-state index contributed by atoms with van der Waals surface area (Å²) in [6, 6.07) is 15.0. The van der Waals surface area contributed by atoms with Crippen molar-refractivity contribution >= 4 is 17.6 Å². The molecule has 0 amide bonds. The van der Waals surface area contributed by atoms with Gasteiger partial charge in [0.1, 0.15) is 5.75 Å². The van der Waals surface area contributed by atoms with Crippen molar-refractivity contribution in [1.29, 1.82) is 0 Å². The van der Waals surface area contributed by atoms with E-state index in [0.29, 0.717) is 29.6 Å². The average Bonchev–Trinajstić information content (AvgIpc) is 2.64. The number of rotatable bonds is 7. The third-order valence-corrected chi connectivity index (χ3v) is 3.99. The fourth-order valence-corrected chi connectivity index (χ4v) is 2.55. The van der Waals surface area contributed by atoms with Crippen molar-refractivity contribution in [3.8, 4) is 5.75 Å². The van der Waals surface area contributed by atoms with E-state index in [1.165, 1.54) is 0 Å². The van der Waals surface area contributed by atoms with Crippen LogP contribution in [0.3, 0.4) is 0 Å². The van der Waals surface area contributed by atoms with Gasteiger partial charge in [0.2, 0.25) is 0 Å². The minimum Gasteiger partial charge on any atom is -0.497 e. The molecule has 1 unspecified atom stereocenters. The van der Waals surface area contributed by atoms with Crippen LogP contribution in [-0.4, -0.2) is 31.3 Å². The highest BCUT2D eigenvalue weighted by molar-refractivity contribution is 6.31. The van der Waals surface area contributed by atoms with Gasteiger partial charge in [-0.3, -0.25) is 0 Å². The highest BCUT2D eigenvalue weighted by Crippen LogP contribution is 2.21. The largest absolute Gasteiger partial charge is 0.497 e. The fraction of sp³-hybridized carbons (Fsp3) is 0.316. The summed E-state index contributed by atoms with van der Waals surface area (Å²) in [5, 5.41) is 17.2. The lowest BCUT2D eigenvalue weighted by Crippen LogP contribution is -2.39. The van der Waals surface area contributed by atoms with Crippen molar-refractivity contribution in [2.75, 3.05) is 20.2 Å². The zero-order chi connectivity index (χ0) is 18.1. The van der Waals surface area contributed by atoms with Crippen molar-refractivity contribution in [3.63, 3.8) is 0 Å². The quantitative estimate of drug-likeness (QED) is 0.523. The molecule has 0 aliphatic heterocycles. The predicted octanol–water partition coefficient (Wildman–Crippen LogP) is 3.14. The number of methoxy groups -OCH3 is 1. The fourth-order valence-electron chi connectivity index (χ4n) is 2.29. The molecule has 1 atom stereocenters. The van der Waals surface area contributed by atoms with Crippen molar-refractivity contribution in [3.05, 3.63) is 64.7 Å². The second kappa shape index (κ2) is 9.91. The second-order valence-electron chi connectivity index (χ2n) is 5.46. The SMILES string of the molecule is CCNC(=NCc1ccc(OC)cc1)NCC(O)c1ccccc1Cl. The first-order valence-electron chi connectivity index (χ1n) is 8.21. The molecule has 2 aromatic rings. The molecule has 2 rings (SSSR count). The van der Waals surface area contributed by atoms with E-state index >= 15 is 0 Å². The number of hydrogen-bond acceptors (Lipinski definition) is 3. The molecule has 134 valence electrons. The van der Waals surface area contributed by atoms with Gasteiger partial charge >= 0.3 is 0 Å². The lowest BCUT2D eigenvalue weighted by molar-refractivity contribution is 0.181. The van der Waals surface area contributed by atoms with E-state index in [2.05, 4.69) is 15.6 Å². The molecule has 0 bridgehead atoms. The molecular weight excluding hydrogens is 338 g/mol. The third kappa shape index (κ3) is 5.96. The van der Waals surface area contributed by atoms with Crippen molar-refractivity contribution < 1.29 is 9.84 Å². The van der Waals surface area contributed by atoms with E-state index in [4.69, 9.17) is 16.3 Å². The van der Waals surface area contributed by atoms with Crippen LogP contribution in [0.5, 0.6) is 5.75 Å². The van der Waals surface area contributed by atoms with Gasteiger partial charge in [-0.2, -0.15) is 0 Å². The maximum absolute atomic E-state index is 10.3. The first-order valence-corrected chi connectivity index (χ1v) is 8.59. The lowest BCUT2D eigenvalue weighted by atomic mass is 10.1. The zero-order valence-electron chi connectivity index (χ0n) is 14.5. The Hall–Kier alpha value is -2.24. The van der Waals surface area contributed by atoms with Gasteiger partial charge in [0.15, 0.2) is 5.96 Å². The summed E-state index contributed by atoms with van der Waals surface area (Å²) in [5.41, 5.74) is 1.77. The Labute approximate surface area is 153 Å². The number of guanidine groups is 1. The maximum Gasteiger partial charge on any atom is 0.191 e. The third-order valence-electron chi connectivity index (χ3n) is 3.65. The number of nitrogens with zero attached hydrogens (tertiary/aromatic N) is 1. The van der Waals surface area contributed by atoms with E-state index in [9.17, 15) is 5.11 Å². The first kappa shape index (κ1) is 19.1. The van der Waals surface area contributed by atoms with E-state index in [-0.39, 0.29) is 0 Å². The highest BCUT2D eigenvalue weighted by Gasteiger charge is 2.11. The van der Waals surface area contributed by atoms with Crippen LogP contribution in [0.4, 0.5) is 0 Å². The maximum atomic E-state index is 10.3. The number of aliphatic imine (C=N–C) groups is 1. The number of nitrogens with one attached hydrogen (secondary N) is 2. The molecule has 0 spiro atoms. The smallest absolute Gasteiger partial charge is 0.191 e. The predicted molar refractivity (Wildman–Crippen MR) is 102 cm³/mol. The Bertz CT molecular complexity index is 689. The molecule has 0 saturated carbocycles. The van der Waals surface area contributed by atoms with Crippen LogP contribution < -0.4 is 15.4 Å². The molecule has 0 aliphatic carbocycles. The van der Waals surface area contributed by atoms with Crippen molar-refractivity contribution in [2.45, 2.75) is 19.6 Å². The minimum atomic E-state index is -0.710. The number of aliphatic hydroxyl groups is 1. The van der Waals surface area contributed by atoms with Gasteiger partial charge in [-0.15, -0.1) is 0 Å². The molecule has 0 fully saturated rings. The molecule has 0 aliphatic rings. The van der Waals surface area contributed by atoms with Gasteiger partial charge in [0, 0.05) is 23.7 Å². The van der Waals surface area contributed by atoms with Gasteiger partial charge in [0.25, 0.3) is 0 Å². The molecule has 6 heteroatoms. The molecule has 2 aromatic carbocycles. The Balaban J connectivity index is 1.96. The van der Waals surface area contributed by atoms with E-state index in [0.717, 1.165) is 17.9 Å². The van der Waals surface area contributed by atoms with Crippen LogP contribution in [0.2, 0.25) is 5.02 Å². The molecule has 3 N–H and O–H groups in total. The average molecular weight is 362 g/mol. The molecule has 25 heavy (non-hydrogen) atoms. The van der Waals surface area contributed by atoms with Crippen LogP contribution in [-0.2, 0) is 6.54 Å². The highest BCUT2D eigenvalue weighted by atomic mass is 35.5. The van der Waals surface area contributed by atoms with Gasteiger partial charge < -0.3 is 20.5 Å². The summed E-state index contributed by atoms with van der Waals surface area (Å²) >= 11 is 6.12. The van der Waals surface area contributed by atoms with Crippen LogP contribution in [0.15, 0.2) is 53.5 Å². The number of ether oxygens (including phenoxy) is 1. The molecule has 0 aromatic heterocycles. The van der Waals surface area contributed by atoms with Gasteiger partial charge in [-0.1, -0.05) is 41.9 Å². The number of hydrogen-bond donors (Lipinski definition) is 3. The van der Waals surface area contributed by atoms with Gasteiger partial charge in [0.05, 0.1) is 19.8 Å². The summed E-state index contributed by atoms with van der Waals surface area (Å²) in [6.07, 6.45) is -0.710. The summed E-state index contributed by atoms with van der Waals surface area (Å²) < 4.78 is 5.15. The normalized spacial score (nSPS) is 12.6. The zero-order valence-corrected chi connectivity index (χ0v) is 15.3. The molecule has 0 saturated heterocycles. The van der Waals surface area contributed by atoms with E-state index < -0.39 is 6.10 Å². The lowest BCUT2D eigenvalue weighted by Gasteiger charge is -2.16. The molecular formula is C19H24ClN3O2. The van der Waals surface area contributed by atoms with Crippen molar-refractivity contribution in [2.24, 2.45) is 4.99 Å².